The van der Waals surface area contributed by atoms with E-state index in [2.05, 4.69) is 28.9 Å². The van der Waals surface area contributed by atoms with Crippen LogP contribution in [0.15, 0.2) is 12.5 Å². The summed E-state index contributed by atoms with van der Waals surface area (Å²) in [6.45, 7) is 4.17. The van der Waals surface area contributed by atoms with Gasteiger partial charge in [0.2, 0.25) is 0 Å². The molecule has 2 aromatic heterocycles. The summed E-state index contributed by atoms with van der Waals surface area (Å²) in [7, 11) is 0. The molecule has 0 fully saturated rings. The summed E-state index contributed by atoms with van der Waals surface area (Å²) in [5.41, 5.74) is 7.31. The standard InChI is InChI=1S/C8H11N5/c1-5(2)6-3-10-8-7(9)11-4-12-13(6)8/h3-5H,1-2H3,(H2,9,11,12). The molecule has 0 spiro atoms. The van der Waals surface area contributed by atoms with Crippen molar-refractivity contribution in [2.75, 3.05) is 5.73 Å². The summed E-state index contributed by atoms with van der Waals surface area (Å²) in [5, 5.41) is 4.09. The molecule has 0 bridgehead atoms. The first-order valence-electron chi connectivity index (χ1n) is 4.14. The van der Waals surface area contributed by atoms with Gasteiger partial charge < -0.3 is 5.73 Å². The van der Waals surface area contributed by atoms with E-state index in [1.54, 1.807) is 10.7 Å². The zero-order valence-electron chi connectivity index (χ0n) is 7.60. The van der Waals surface area contributed by atoms with E-state index in [-0.39, 0.29) is 0 Å². The molecule has 2 N–H and O–H groups in total. The molecule has 2 aromatic rings. The smallest absolute Gasteiger partial charge is 0.196 e. The zero-order valence-corrected chi connectivity index (χ0v) is 7.60. The molecule has 13 heavy (non-hydrogen) atoms. The van der Waals surface area contributed by atoms with Crippen molar-refractivity contribution < 1.29 is 0 Å². The second-order valence-corrected chi connectivity index (χ2v) is 3.22. The summed E-state index contributed by atoms with van der Waals surface area (Å²) < 4.78 is 1.73. The fourth-order valence-electron chi connectivity index (χ4n) is 1.25. The van der Waals surface area contributed by atoms with Gasteiger partial charge in [-0.05, 0) is 5.92 Å². The Morgan fingerprint density at radius 1 is 1.38 bits per heavy atom. The quantitative estimate of drug-likeness (QED) is 0.700. The van der Waals surface area contributed by atoms with Crippen LogP contribution >= 0.6 is 0 Å². The summed E-state index contributed by atoms with van der Waals surface area (Å²) in [5.74, 6) is 0.797. The molecular weight excluding hydrogens is 166 g/mol. The molecule has 68 valence electrons. The van der Waals surface area contributed by atoms with E-state index in [0.717, 1.165) is 5.69 Å². The average molecular weight is 177 g/mol. The fraction of sp³-hybridized carbons (Fsp3) is 0.375. The molecule has 0 saturated heterocycles. The number of rotatable bonds is 1. The minimum absolute atomic E-state index is 0.379. The summed E-state index contributed by atoms with van der Waals surface area (Å²) in [6, 6.07) is 0. The maximum atomic E-state index is 5.64. The maximum absolute atomic E-state index is 5.64. The van der Waals surface area contributed by atoms with Crippen LogP contribution in [0, 0.1) is 0 Å². The van der Waals surface area contributed by atoms with Crippen LogP contribution in [0.2, 0.25) is 0 Å². The van der Waals surface area contributed by atoms with Crippen molar-refractivity contribution in [1.82, 2.24) is 19.6 Å². The molecule has 0 radical (unpaired) electrons. The maximum Gasteiger partial charge on any atom is 0.196 e. The van der Waals surface area contributed by atoms with Crippen molar-refractivity contribution in [3.63, 3.8) is 0 Å². The molecule has 0 aliphatic heterocycles. The minimum Gasteiger partial charge on any atom is -0.381 e. The van der Waals surface area contributed by atoms with Crippen LogP contribution in [0.4, 0.5) is 5.82 Å². The van der Waals surface area contributed by atoms with E-state index in [4.69, 9.17) is 5.73 Å². The van der Waals surface area contributed by atoms with Gasteiger partial charge in [-0.15, -0.1) is 0 Å². The van der Waals surface area contributed by atoms with Gasteiger partial charge in [-0.1, -0.05) is 13.8 Å². The van der Waals surface area contributed by atoms with Gasteiger partial charge in [0.05, 0.1) is 11.9 Å². The van der Waals surface area contributed by atoms with Gasteiger partial charge >= 0.3 is 0 Å². The first-order chi connectivity index (χ1) is 6.20. The molecule has 0 aromatic carbocycles. The van der Waals surface area contributed by atoms with Crippen LogP contribution in [0.3, 0.4) is 0 Å². The fourth-order valence-corrected chi connectivity index (χ4v) is 1.25. The van der Waals surface area contributed by atoms with Crippen molar-refractivity contribution >= 4 is 11.5 Å². The Morgan fingerprint density at radius 3 is 2.85 bits per heavy atom. The van der Waals surface area contributed by atoms with Crippen LogP contribution in [0.1, 0.15) is 25.5 Å². The Kier molecular flexibility index (Phi) is 1.65. The second kappa shape index (κ2) is 2.69. The number of aromatic nitrogens is 4. The largest absolute Gasteiger partial charge is 0.381 e. The van der Waals surface area contributed by atoms with Gasteiger partial charge in [-0.25, -0.2) is 14.5 Å². The number of anilines is 1. The molecule has 0 amide bonds. The van der Waals surface area contributed by atoms with Crippen LogP contribution in [-0.2, 0) is 0 Å². The third-order valence-corrected chi connectivity index (χ3v) is 1.95. The predicted octanol–water partition coefficient (Wildman–Crippen LogP) is 0.830. The predicted molar refractivity (Wildman–Crippen MR) is 49.3 cm³/mol. The monoisotopic (exact) mass is 177 g/mol. The average Bonchev–Trinajstić information content (AvgIpc) is 2.48. The highest BCUT2D eigenvalue weighted by molar-refractivity contribution is 5.58. The first-order valence-corrected chi connectivity index (χ1v) is 4.14. The summed E-state index contributed by atoms with van der Waals surface area (Å²) >= 11 is 0. The lowest BCUT2D eigenvalue weighted by Crippen LogP contribution is -2.03. The molecule has 0 atom stereocenters. The molecule has 0 unspecified atom stereocenters. The van der Waals surface area contributed by atoms with Crippen molar-refractivity contribution in [3.05, 3.63) is 18.2 Å². The number of fused-ring (bicyclic) bond motifs is 1. The Bertz CT molecular complexity index is 431. The highest BCUT2D eigenvalue weighted by atomic mass is 15.3. The van der Waals surface area contributed by atoms with Crippen molar-refractivity contribution in [2.24, 2.45) is 0 Å². The third-order valence-electron chi connectivity index (χ3n) is 1.95. The van der Waals surface area contributed by atoms with Gasteiger partial charge in [0.25, 0.3) is 0 Å². The molecule has 5 nitrogen and oxygen atoms in total. The van der Waals surface area contributed by atoms with E-state index in [1.165, 1.54) is 6.33 Å². The number of hydrogen-bond donors (Lipinski definition) is 1. The topological polar surface area (TPSA) is 69.1 Å². The van der Waals surface area contributed by atoms with Gasteiger partial charge in [0.15, 0.2) is 11.5 Å². The number of nitrogen functional groups attached to an aromatic ring is 1. The number of nitrogens with zero attached hydrogens (tertiary/aromatic N) is 4. The zero-order chi connectivity index (χ0) is 9.42. The summed E-state index contributed by atoms with van der Waals surface area (Å²) in [4.78, 5) is 8.02. The highest BCUT2D eigenvalue weighted by Gasteiger charge is 2.09. The Hall–Kier alpha value is -1.65. The minimum atomic E-state index is 0.379. The molecule has 0 aliphatic rings. The van der Waals surface area contributed by atoms with Gasteiger partial charge in [0, 0.05) is 0 Å². The van der Waals surface area contributed by atoms with Crippen molar-refractivity contribution in [3.8, 4) is 0 Å². The van der Waals surface area contributed by atoms with Crippen LogP contribution < -0.4 is 5.73 Å². The van der Waals surface area contributed by atoms with Crippen molar-refractivity contribution in [1.29, 1.82) is 0 Å². The SMILES string of the molecule is CC(C)c1cnc2c(N)ncnn12. The third kappa shape index (κ3) is 1.12. The van der Waals surface area contributed by atoms with E-state index in [9.17, 15) is 0 Å². The Morgan fingerprint density at radius 2 is 2.15 bits per heavy atom. The van der Waals surface area contributed by atoms with Gasteiger partial charge in [0.1, 0.15) is 6.33 Å². The lowest BCUT2D eigenvalue weighted by molar-refractivity contribution is 0.752. The molecule has 0 aliphatic carbocycles. The highest BCUT2D eigenvalue weighted by Crippen LogP contribution is 2.16. The normalized spacial score (nSPS) is 11.3. The Labute approximate surface area is 75.6 Å². The lowest BCUT2D eigenvalue weighted by Gasteiger charge is -2.02. The number of imidazole rings is 1. The molecule has 0 saturated carbocycles. The van der Waals surface area contributed by atoms with Crippen LogP contribution in [0.5, 0.6) is 0 Å². The second-order valence-electron chi connectivity index (χ2n) is 3.22. The Balaban J connectivity index is 2.75. The lowest BCUT2D eigenvalue weighted by atomic mass is 10.2. The van der Waals surface area contributed by atoms with E-state index in [1.807, 2.05) is 0 Å². The van der Waals surface area contributed by atoms with Gasteiger partial charge in [-0.2, -0.15) is 5.10 Å². The summed E-state index contributed by atoms with van der Waals surface area (Å²) in [6.07, 6.45) is 3.22. The van der Waals surface area contributed by atoms with Gasteiger partial charge in [-0.3, -0.25) is 0 Å². The number of nitrogens with two attached hydrogens (primary N) is 1. The van der Waals surface area contributed by atoms with E-state index in [0.29, 0.717) is 17.4 Å². The molecule has 2 rings (SSSR count). The first kappa shape index (κ1) is 7.97. The molecule has 5 heteroatoms. The molecular formula is C8H11N5. The van der Waals surface area contributed by atoms with E-state index >= 15 is 0 Å². The van der Waals surface area contributed by atoms with Crippen LogP contribution in [-0.4, -0.2) is 19.6 Å². The molecule has 2 heterocycles. The van der Waals surface area contributed by atoms with Crippen LogP contribution in [0.25, 0.3) is 5.65 Å². The van der Waals surface area contributed by atoms with Crippen molar-refractivity contribution in [2.45, 2.75) is 19.8 Å². The van der Waals surface area contributed by atoms with E-state index < -0.39 is 0 Å². The number of hydrogen-bond acceptors (Lipinski definition) is 4.